The molecule has 1 aliphatic carbocycles. The molecule has 0 aromatic rings. The highest BCUT2D eigenvalue weighted by molar-refractivity contribution is 8.01. The minimum atomic E-state index is 0.234. The summed E-state index contributed by atoms with van der Waals surface area (Å²) in [7, 11) is 0. The highest BCUT2D eigenvalue weighted by Gasteiger charge is 2.48. The zero-order valence-electron chi connectivity index (χ0n) is 7.33. The van der Waals surface area contributed by atoms with Gasteiger partial charge in [-0.05, 0) is 12.8 Å². The molecule has 0 bridgehead atoms. The van der Waals surface area contributed by atoms with Gasteiger partial charge in [-0.15, -0.1) is 0 Å². The molecule has 0 radical (unpaired) electrons. The van der Waals surface area contributed by atoms with Crippen molar-refractivity contribution in [2.45, 2.75) is 36.5 Å². The van der Waals surface area contributed by atoms with Crippen molar-refractivity contribution in [3.63, 3.8) is 0 Å². The Morgan fingerprint density at radius 2 is 2.08 bits per heavy atom. The summed E-state index contributed by atoms with van der Waals surface area (Å²) in [5.74, 6) is 1.41. The Bertz CT molecular complexity index is 168. The fraction of sp³-hybridized carbons (Fsp3) is 1.00. The van der Waals surface area contributed by atoms with Crippen molar-refractivity contribution >= 4 is 11.8 Å². The van der Waals surface area contributed by atoms with Gasteiger partial charge in [0.05, 0.1) is 0 Å². The summed E-state index contributed by atoms with van der Waals surface area (Å²) in [6, 6.07) is 0.234. The van der Waals surface area contributed by atoms with E-state index >= 15 is 0 Å². The Labute approximate surface area is 77.9 Å². The minimum Gasteiger partial charge on any atom is -0.396 e. The summed E-state index contributed by atoms with van der Waals surface area (Å²) in [5.41, 5.74) is 5.96. The van der Waals surface area contributed by atoms with E-state index < -0.39 is 0 Å². The van der Waals surface area contributed by atoms with Crippen LogP contribution in [0.4, 0.5) is 0 Å². The van der Waals surface area contributed by atoms with Crippen molar-refractivity contribution in [1.29, 1.82) is 0 Å². The maximum atomic E-state index is 9.27. The van der Waals surface area contributed by atoms with Crippen LogP contribution >= 0.6 is 11.8 Å². The molecule has 1 aliphatic heterocycles. The van der Waals surface area contributed by atoms with Crippen molar-refractivity contribution in [1.82, 2.24) is 0 Å². The van der Waals surface area contributed by atoms with Gasteiger partial charge in [-0.3, -0.25) is 0 Å². The first-order chi connectivity index (χ1) is 5.78. The van der Waals surface area contributed by atoms with Gasteiger partial charge in [-0.2, -0.15) is 11.8 Å². The summed E-state index contributed by atoms with van der Waals surface area (Å²) in [4.78, 5) is 0. The van der Waals surface area contributed by atoms with E-state index in [1.54, 1.807) is 0 Å². The maximum absolute atomic E-state index is 9.27. The normalized spacial score (nSPS) is 39.5. The van der Waals surface area contributed by atoms with E-state index in [1.807, 2.05) is 11.8 Å². The lowest BCUT2D eigenvalue weighted by Crippen LogP contribution is -2.40. The van der Waals surface area contributed by atoms with Crippen molar-refractivity contribution in [3.05, 3.63) is 0 Å². The van der Waals surface area contributed by atoms with Gasteiger partial charge in [0.2, 0.25) is 0 Å². The van der Waals surface area contributed by atoms with Crippen molar-refractivity contribution in [2.75, 3.05) is 12.4 Å². The van der Waals surface area contributed by atoms with Crippen LogP contribution in [0.3, 0.4) is 0 Å². The van der Waals surface area contributed by atoms with Gasteiger partial charge in [0, 0.05) is 29.1 Å². The first-order valence-corrected chi connectivity index (χ1v) is 5.77. The van der Waals surface area contributed by atoms with Crippen LogP contribution in [-0.4, -0.2) is 28.3 Å². The van der Waals surface area contributed by atoms with E-state index in [0.29, 0.717) is 10.7 Å². The van der Waals surface area contributed by atoms with Crippen LogP contribution in [0.5, 0.6) is 0 Å². The van der Waals surface area contributed by atoms with Crippen LogP contribution in [0.25, 0.3) is 0 Å². The van der Waals surface area contributed by atoms with Gasteiger partial charge < -0.3 is 10.8 Å². The average molecular weight is 187 g/mol. The van der Waals surface area contributed by atoms with E-state index in [9.17, 15) is 5.11 Å². The van der Waals surface area contributed by atoms with Crippen LogP contribution in [0.15, 0.2) is 0 Å². The van der Waals surface area contributed by atoms with Crippen LogP contribution in [0.2, 0.25) is 0 Å². The summed E-state index contributed by atoms with van der Waals surface area (Å²) < 4.78 is 0.369. The molecule has 3 heteroatoms. The van der Waals surface area contributed by atoms with E-state index in [0.717, 1.165) is 5.75 Å². The third kappa shape index (κ3) is 1.19. The Balaban J connectivity index is 2.14. The Hall–Kier alpha value is 0.270. The number of nitrogens with two attached hydrogens (primary N) is 1. The molecule has 2 fully saturated rings. The summed E-state index contributed by atoms with van der Waals surface area (Å²) in [6.45, 7) is 0.286. The SMILES string of the molecule is NC1CSC2(CCCC2)C1CO. The second kappa shape index (κ2) is 3.20. The molecule has 0 aromatic carbocycles. The number of rotatable bonds is 1. The highest BCUT2D eigenvalue weighted by atomic mass is 32.2. The molecule has 1 saturated carbocycles. The molecule has 2 atom stereocenters. The lowest BCUT2D eigenvalue weighted by molar-refractivity contribution is 0.183. The van der Waals surface area contributed by atoms with E-state index in [4.69, 9.17) is 5.73 Å². The van der Waals surface area contributed by atoms with Crippen LogP contribution in [0, 0.1) is 5.92 Å². The number of aliphatic hydroxyl groups excluding tert-OH is 1. The minimum absolute atomic E-state index is 0.234. The predicted octanol–water partition coefficient (Wildman–Crippen LogP) is 0.982. The average Bonchev–Trinajstić information content (AvgIpc) is 2.63. The quantitative estimate of drug-likeness (QED) is 0.643. The topological polar surface area (TPSA) is 46.2 Å². The zero-order valence-corrected chi connectivity index (χ0v) is 8.15. The molecule has 1 saturated heterocycles. The first kappa shape index (κ1) is 8.85. The molecule has 0 aromatic heterocycles. The van der Waals surface area contributed by atoms with Gasteiger partial charge in [0.1, 0.15) is 0 Å². The molecule has 2 nitrogen and oxygen atoms in total. The van der Waals surface area contributed by atoms with Gasteiger partial charge in [0.15, 0.2) is 0 Å². The smallest absolute Gasteiger partial charge is 0.0487 e. The fourth-order valence-corrected chi connectivity index (χ4v) is 4.46. The summed E-state index contributed by atoms with van der Waals surface area (Å²) >= 11 is 2.01. The third-order valence-corrected chi connectivity index (χ3v) is 5.24. The predicted molar refractivity (Wildman–Crippen MR) is 52.2 cm³/mol. The largest absolute Gasteiger partial charge is 0.396 e. The maximum Gasteiger partial charge on any atom is 0.0487 e. The lowest BCUT2D eigenvalue weighted by Gasteiger charge is -2.30. The van der Waals surface area contributed by atoms with Gasteiger partial charge >= 0.3 is 0 Å². The molecule has 2 aliphatic rings. The molecule has 70 valence electrons. The molecule has 3 N–H and O–H groups in total. The van der Waals surface area contributed by atoms with Crippen molar-refractivity contribution < 1.29 is 5.11 Å². The third-order valence-electron chi connectivity index (χ3n) is 3.40. The monoisotopic (exact) mass is 187 g/mol. The molecule has 1 spiro atoms. The van der Waals surface area contributed by atoms with Gasteiger partial charge in [-0.25, -0.2) is 0 Å². The van der Waals surface area contributed by atoms with Gasteiger partial charge in [-0.1, -0.05) is 12.8 Å². The van der Waals surface area contributed by atoms with E-state index in [-0.39, 0.29) is 12.6 Å². The second-order valence-corrected chi connectivity index (χ2v) is 5.47. The second-order valence-electron chi connectivity index (χ2n) is 4.04. The standard InChI is InChI=1S/C9H17NOS/c10-8-6-12-9(7(8)5-11)3-1-2-4-9/h7-8,11H,1-6,10H2. The fourth-order valence-electron chi connectivity index (χ4n) is 2.67. The molecule has 1 heterocycles. The highest BCUT2D eigenvalue weighted by Crippen LogP contribution is 2.52. The molecule has 12 heavy (non-hydrogen) atoms. The van der Waals surface area contributed by atoms with Gasteiger partial charge in [0.25, 0.3) is 0 Å². The Morgan fingerprint density at radius 3 is 2.67 bits per heavy atom. The van der Waals surface area contributed by atoms with E-state index in [1.165, 1.54) is 25.7 Å². The molecule has 0 amide bonds. The number of aliphatic hydroxyl groups is 1. The Kier molecular flexibility index (Phi) is 2.36. The van der Waals surface area contributed by atoms with Crippen molar-refractivity contribution in [2.24, 2.45) is 11.7 Å². The molecule has 2 rings (SSSR count). The summed E-state index contributed by atoms with van der Waals surface area (Å²) in [6.07, 6.45) is 5.21. The number of thioether (sulfide) groups is 1. The zero-order chi connectivity index (χ0) is 8.60. The van der Waals surface area contributed by atoms with Crippen LogP contribution in [0.1, 0.15) is 25.7 Å². The van der Waals surface area contributed by atoms with Crippen LogP contribution in [-0.2, 0) is 0 Å². The molecular formula is C9H17NOS. The first-order valence-electron chi connectivity index (χ1n) is 4.79. The molecular weight excluding hydrogens is 170 g/mol. The molecule has 2 unspecified atom stereocenters. The number of hydrogen-bond acceptors (Lipinski definition) is 3. The lowest BCUT2D eigenvalue weighted by atomic mass is 9.86. The van der Waals surface area contributed by atoms with Crippen LogP contribution < -0.4 is 5.73 Å². The van der Waals surface area contributed by atoms with Crippen molar-refractivity contribution in [3.8, 4) is 0 Å². The number of hydrogen-bond donors (Lipinski definition) is 2. The summed E-state index contributed by atoms with van der Waals surface area (Å²) in [5, 5.41) is 9.27. The van der Waals surface area contributed by atoms with E-state index in [2.05, 4.69) is 0 Å². The Morgan fingerprint density at radius 1 is 1.42 bits per heavy atom.